The molecule has 5 aromatic carbocycles. The Hall–Kier alpha value is -6.32. The van der Waals surface area contributed by atoms with Crippen LogP contribution >= 0.6 is 0 Å². The van der Waals surface area contributed by atoms with E-state index in [2.05, 4.69) is 125 Å². The van der Waals surface area contributed by atoms with Crippen LogP contribution in [0.2, 0.25) is 0 Å². The van der Waals surface area contributed by atoms with Crippen molar-refractivity contribution in [2.45, 2.75) is 58.0 Å². The highest BCUT2D eigenvalue weighted by Crippen LogP contribution is 2.35. The Morgan fingerprint density at radius 1 is 0.223 bits per heavy atom. The third kappa shape index (κ3) is 33.8. The van der Waals surface area contributed by atoms with Gasteiger partial charge in [0.1, 0.15) is 0 Å². The maximum atomic E-state index is 6.96. The zero-order valence-electron chi connectivity index (χ0n) is 62.2. The smallest absolute Gasteiger partial charge is 0.0780 e. The van der Waals surface area contributed by atoms with E-state index in [9.17, 15) is 0 Å². The second-order valence-corrected chi connectivity index (χ2v) is 25.4. The highest BCUT2D eigenvalue weighted by molar-refractivity contribution is 5.79. The van der Waals surface area contributed by atoms with Gasteiger partial charge in [-0.2, -0.15) is 0 Å². The van der Waals surface area contributed by atoms with E-state index in [4.69, 9.17) is 85.3 Å². The first-order valence-electron chi connectivity index (χ1n) is 36.2. The maximum Gasteiger partial charge on any atom is 0.0780 e. The minimum atomic E-state index is -0.256. The Labute approximate surface area is 612 Å². The summed E-state index contributed by atoms with van der Waals surface area (Å²) in [6.07, 6.45) is 6.47. The molecule has 0 saturated heterocycles. The minimum Gasteiger partial charge on any atom is -0.382 e. The molecule has 0 amide bonds. The summed E-state index contributed by atoms with van der Waals surface area (Å²) in [6.45, 7) is 20.2. The van der Waals surface area contributed by atoms with Gasteiger partial charge in [0.05, 0.1) is 209 Å². The van der Waals surface area contributed by atoms with E-state index in [1.165, 1.54) is 0 Å². The molecule has 2 aromatic heterocycles. The van der Waals surface area contributed by atoms with Crippen molar-refractivity contribution in [1.29, 1.82) is 0 Å². The van der Waals surface area contributed by atoms with Crippen molar-refractivity contribution in [2.75, 3.05) is 213 Å². The SMILES string of the molecule is COCCOCCOC[C@H](C)OCC(COCC(COCC(CO[C@@H](C)COCCOCCOC)CO[C@@H](C)COCCOCCOC)c1cc(-c2ccc(-c3ccc(-c4ccncc4)cc3)cc2)cc(-c2ccc(-c3ccc(-c4ccncc4)cc3)cc2)c1)CO[C@@H](C)COCCOCCOC. The van der Waals surface area contributed by atoms with Crippen LogP contribution in [0.1, 0.15) is 39.2 Å². The molecule has 7 rings (SSSR count). The van der Waals surface area contributed by atoms with E-state index in [0.717, 1.165) is 72.3 Å². The van der Waals surface area contributed by atoms with E-state index in [1.54, 1.807) is 28.4 Å². The summed E-state index contributed by atoms with van der Waals surface area (Å²) >= 11 is 0. The molecule has 0 aliphatic rings. The van der Waals surface area contributed by atoms with Gasteiger partial charge in [0.25, 0.3) is 0 Å². The monoisotopic (exact) mass is 1430 g/mol. The van der Waals surface area contributed by atoms with Gasteiger partial charge in [-0.15, -0.1) is 0 Å². The molecule has 0 N–H and O–H groups in total. The Morgan fingerprint density at radius 2 is 0.447 bits per heavy atom. The van der Waals surface area contributed by atoms with Crippen LogP contribution in [0.4, 0.5) is 0 Å². The molecule has 0 bridgehead atoms. The van der Waals surface area contributed by atoms with Crippen molar-refractivity contribution in [3.05, 3.63) is 170 Å². The molecule has 0 fully saturated rings. The third-order valence-electron chi connectivity index (χ3n) is 16.8. The summed E-state index contributed by atoms with van der Waals surface area (Å²) in [6, 6.07) is 50.0. The first-order valence-corrected chi connectivity index (χ1v) is 36.2. The normalized spacial score (nSPS) is 13.0. The summed E-state index contributed by atoms with van der Waals surface area (Å²) in [5, 5.41) is 0. The first kappa shape index (κ1) is 83.9. The summed E-state index contributed by atoms with van der Waals surface area (Å²) in [4.78, 5) is 8.43. The number of benzene rings is 5. The number of aromatic nitrogens is 2. The zero-order valence-corrected chi connectivity index (χ0v) is 62.2. The third-order valence-corrected chi connectivity index (χ3v) is 16.8. The topological polar surface area (TPSA) is 192 Å². The summed E-state index contributed by atoms with van der Waals surface area (Å²) in [7, 11) is 6.62. The molecule has 103 heavy (non-hydrogen) atoms. The van der Waals surface area contributed by atoms with E-state index < -0.39 is 0 Å². The van der Waals surface area contributed by atoms with E-state index in [-0.39, 0.29) is 42.2 Å². The predicted octanol–water partition coefficient (Wildman–Crippen LogP) is 13.2. The molecule has 0 aliphatic heterocycles. The molecule has 4 atom stereocenters. The molecule has 0 unspecified atom stereocenters. The van der Waals surface area contributed by atoms with Crippen LogP contribution in [-0.4, -0.2) is 248 Å². The first-order chi connectivity index (χ1) is 50.6. The minimum absolute atomic E-state index is 0.152. The van der Waals surface area contributed by atoms with Crippen molar-refractivity contribution in [3.63, 3.8) is 0 Å². The van der Waals surface area contributed by atoms with Crippen LogP contribution in [0, 0.1) is 11.8 Å². The number of hydrogen-bond acceptors (Lipinski definition) is 20. The van der Waals surface area contributed by atoms with Gasteiger partial charge >= 0.3 is 0 Å². The molecule has 2 heterocycles. The quantitative estimate of drug-likeness (QED) is 0.0327. The average molecular weight is 1430 g/mol. The van der Waals surface area contributed by atoms with Gasteiger partial charge in [0.2, 0.25) is 0 Å². The van der Waals surface area contributed by atoms with Crippen molar-refractivity contribution < 1.29 is 85.3 Å². The number of nitrogens with zero attached hydrogens (tertiary/aromatic N) is 2. The average Bonchev–Trinajstić information content (AvgIpc) is 0.802. The summed E-state index contributed by atoms with van der Waals surface area (Å²) in [5.41, 5.74) is 14.3. The van der Waals surface area contributed by atoms with Gasteiger partial charge in [0.15, 0.2) is 0 Å². The van der Waals surface area contributed by atoms with Crippen molar-refractivity contribution >= 4 is 0 Å². The van der Waals surface area contributed by atoms with Gasteiger partial charge in [-0.1, -0.05) is 109 Å². The predicted molar refractivity (Wildman–Crippen MR) is 402 cm³/mol. The zero-order chi connectivity index (χ0) is 72.6. The summed E-state index contributed by atoms with van der Waals surface area (Å²) < 4.78 is 107. The molecule has 0 spiro atoms. The fourth-order valence-corrected chi connectivity index (χ4v) is 10.9. The Bertz CT molecular complexity index is 2960. The van der Waals surface area contributed by atoms with Crippen molar-refractivity contribution in [2.24, 2.45) is 11.8 Å². The highest BCUT2D eigenvalue weighted by atomic mass is 16.6. The fourth-order valence-electron chi connectivity index (χ4n) is 10.9. The van der Waals surface area contributed by atoms with E-state index in [1.807, 2.05) is 76.7 Å². The van der Waals surface area contributed by atoms with Gasteiger partial charge in [-0.05, 0) is 130 Å². The van der Waals surface area contributed by atoms with Crippen LogP contribution in [0.5, 0.6) is 0 Å². The lowest BCUT2D eigenvalue weighted by Crippen LogP contribution is -2.30. The summed E-state index contributed by atoms with van der Waals surface area (Å²) in [5.74, 6) is -0.560. The molecule has 0 saturated carbocycles. The second-order valence-electron chi connectivity index (χ2n) is 25.4. The van der Waals surface area contributed by atoms with E-state index in [0.29, 0.717) is 185 Å². The maximum absolute atomic E-state index is 6.96. The van der Waals surface area contributed by atoms with Crippen molar-refractivity contribution in [1.82, 2.24) is 9.97 Å². The number of hydrogen-bond donors (Lipinski definition) is 0. The van der Waals surface area contributed by atoms with Crippen LogP contribution in [0.25, 0.3) is 66.8 Å². The highest BCUT2D eigenvalue weighted by Gasteiger charge is 2.23. The largest absolute Gasteiger partial charge is 0.382 e. The van der Waals surface area contributed by atoms with Gasteiger partial charge < -0.3 is 85.3 Å². The van der Waals surface area contributed by atoms with Gasteiger partial charge in [-0.25, -0.2) is 0 Å². The molecule has 7 aromatic rings. The standard InChI is InChI=1S/C83H114N2O18/c1-64(52-94-45-41-90-37-33-86-5)100-58-68(59-101-65(2)53-95-46-42-91-38-34-87-6)56-98-62-83(63-99-57-69(60-102-66(3)54-96-47-43-92-39-35-88-7)61-103-67(4)55-97-48-44-93-40-36-89-8)82-50-80(76-21-17-72(18-22-76)70-9-13-74(14-10-70)78-25-29-84-30-26-78)49-81(51-82)77-23-19-73(20-24-77)71-11-15-75(16-12-71)79-27-31-85-32-28-79/h9-32,49-51,64-69,83H,33-48,52-63H2,1-8H3/t64-,65-,66-,67-/m0/s1. The molecule has 0 radical (unpaired) electrons. The van der Waals surface area contributed by atoms with Crippen molar-refractivity contribution in [3.8, 4) is 66.8 Å². The molecular weight excluding hydrogens is 1310 g/mol. The molecule has 20 heteroatoms. The fraction of sp³-hybridized carbons (Fsp3) is 0.518. The second kappa shape index (κ2) is 51.8. The lowest BCUT2D eigenvalue weighted by atomic mass is 9.90. The lowest BCUT2D eigenvalue weighted by Gasteiger charge is -2.26. The number of ether oxygens (including phenoxy) is 18. The Morgan fingerprint density at radius 3 is 0.699 bits per heavy atom. The van der Waals surface area contributed by atoms with Gasteiger partial charge in [0, 0.05) is 71.0 Å². The van der Waals surface area contributed by atoms with Crippen LogP contribution in [0.3, 0.4) is 0 Å². The van der Waals surface area contributed by atoms with Crippen LogP contribution < -0.4 is 0 Å². The molecule has 564 valence electrons. The van der Waals surface area contributed by atoms with Crippen LogP contribution in [-0.2, 0) is 85.3 Å². The number of rotatable bonds is 59. The number of pyridine rings is 2. The number of methoxy groups -OCH3 is 4. The molecule has 20 nitrogen and oxygen atoms in total. The Balaban J connectivity index is 1.18. The molecule has 0 aliphatic carbocycles. The van der Waals surface area contributed by atoms with Gasteiger partial charge in [-0.3, -0.25) is 9.97 Å². The van der Waals surface area contributed by atoms with Crippen LogP contribution in [0.15, 0.2) is 164 Å². The van der Waals surface area contributed by atoms with E-state index >= 15 is 0 Å². The lowest BCUT2D eigenvalue weighted by molar-refractivity contribution is -0.0823. The Kier molecular flexibility index (Phi) is 42.2. The molecular formula is C83H114N2O18.